The monoisotopic (exact) mass is 245 g/mol. The number of hydrogen-bond acceptors (Lipinski definition) is 3. The zero-order chi connectivity index (χ0) is 12.7. The van der Waals surface area contributed by atoms with Gasteiger partial charge in [-0.3, -0.25) is 0 Å². The van der Waals surface area contributed by atoms with Crippen LogP contribution in [-0.4, -0.2) is 38.5 Å². The first-order valence-electron chi connectivity index (χ1n) is 6.56. The minimum Gasteiger partial charge on any atom is -0.506 e. The maximum Gasteiger partial charge on any atom is 0.141 e. The second-order valence-corrected chi connectivity index (χ2v) is 5.34. The predicted octanol–water partition coefficient (Wildman–Crippen LogP) is 2.24. The lowest BCUT2D eigenvalue weighted by molar-refractivity contribution is 0.272. The highest BCUT2D eigenvalue weighted by Crippen LogP contribution is 2.29. The van der Waals surface area contributed by atoms with Crippen LogP contribution >= 0.6 is 0 Å². The molecule has 1 aliphatic rings. The van der Waals surface area contributed by atoms with Crippen molar-refractivity contribution in [1.82, 2.24) is 14.3 Å². The summed E-state index contributed by atoms with van der Waals surface area (Å²) in [4.78, 5) is 6.99. The Bertz CT molecular complexity index is 561. The molecule has 1 saturated heterocycles. The van der Waals surface area contributed by atoms with Gasteiger partial charge in [0.05, 0.1) is 6.20 Å². The molecule has 96 valence electrons. The lowest BCUT2D eigenvalue weighted by atomic mass is 10.1. The van der Waals surface area contributed by atoms with Crippen LogP contribution in [0, 0.1) is 0 Å². The van der Waals surface area contributed by atoms with Crippen LogP contribution in [0.25, 0.3) is 5.52 Å². The standard InChI is InChI=1S/C14H19N3O/c1-10(2)16-7-5-11(9-16)14-15-8-12-13(18)4-3-6-17(12)14/h3-4,6,8,10-11,18H,5,7,9H2,1-2H3. The van der Waals surface area contributed by atoms with Gasteiger partial charge < -0.3 is 14.4 Å². The van der Waals surface area contributed by atoms with Crippen LogP contribution in [0.3, 0.4) is 0 Å². The summed E-state index contributed by atoms with van der Waals surface area (Å²) >= 11 is 0. The van der Waals surface area contributed by atoms with E-state index >= 15 is 0 Å². The Balaban J connectivity index is 1.94. The Morgan fingerprint density at radius 1 is 1.44 bits per heavy atom. The van der Waals surface area contributed by atoms with Crippen LogP contribution in [0.15, 0.2) is 24.5 Å². The maximum atomic E-state index is 9.80. The van der Waals surface area contributed by atoms with Gasteiger partial charge >= 0.3 is 0 Å². The highest BCUT2D eigenvalue weighted by atomic mass is 16.3. The number of likely N-dealkylation sites (tertiary alicyclic amines) is 1. The zero-order valence-corrected chi connectivity index (χ0v) is 10.9. The molecule has 0 aromatic carbocycles. The van der Waals surface area contributed by atoms with E-state index in [0.717, 1.165) is 30.9 Å². The molecule has 2 aromatic rings. The third-order valence-corrected chi connectivity index (χ3v) is 3.89. The fourth-order valence-electron chi connectivity index (χ4n) is 2.80. The van der Waals surface area contributed by atoms with E-state index in [0.29, 0.717) is 17.7 Å². The minimum atomic E-state index is 0.301. The number of imidazole rings is 1. The smallest absolute Gasteiger partial charge is 0.141 e. The van der Waals surface area contributed by atoms with Crippen LogP contribution in [0.1, 0.15) is 32.0 Å². The molecule has 0 bridgehead atoms. The lowest BCUT2D eigenvalue weighted by Gasteiger charge is -2.19. The van der Waals surface area contributed by atoms with Crippen LogP contribution < -0.4 is 0 Å². The van der Waals surface area contributed by atoms with Crippen molar-refractivity contribution in [2.24, 2.45) is 0 Å². The van der Waals surface area contributed by atoms with Crippen LogP contribution in [0.2, 0.25) is 0 Å². The summed E-state index contributed by atoms with van der Waals surface area (Å²) in [7, 11) is 0. The highest BCUT2D eigenvalue weighted by molar-refractivity contribution is 5.58. The molecule has 1 N–H and O–H groups in total. The van der Waals surface area contributed by atoms with Gasteiger partial charge in [0, 0.05) is 24.7 Å². The molecule has 1 unspecified atom stereocenters. The zero-order valence-electron chi connectivity index (χ0n) is 10.9. The van der Waals surface area contributed by atoms with Gasteiger partial charge in [-0.05, 0) is 38.9 Å². The number of hydrogen-bond donors (Lipinski definition) is 1. The molecule has 1 atom stereocenters. The van der Waals surface area contributed by atoms with Gasteiger partial charge in [0.25, 0.3) is 0 Å². The number of nitrogens with zero attached hydrogens (tertiary/aromatic N) is 3. The van der Waals surface area contributed by atoms with E-state index in [-0.39, 0.29) is 0 Å². The number of aromatic nitrogens is 2. The molecule has 0 saturated carbocycles. The predicted molar refractivity (Wildman–Crippen MR) is 70.9 cm³/mol. The molecule has 3 heterocycles. The van der Waals surface area contributed by atoms with Crippen molar-refractivity contribution in [3.8, 4) is 5.75 Å². The Morgan fingerprint density at radius 2 is 2.28 bits per heavy atom. The first-order chi connectivity index (χ1) is 8.66. The Hall–Kier alpha value is -1.55. The fourth-order valence-corrected chi connectivity index (χ4v) is 2.80. The average molecular weight is 245 g/mol. The molecule has 0 aliphatic carbocycles. The van der Waals surface area contributed by atoms with Crippen molar-refractivity contribution in [1.29, 1.82) is 0 Å². The Labute approximate surface area is 107 Å². The van der Waals surface area contributed by atoms with Crippen LogP contribution in [0.5, 0.6) is 5.75 Å². The second kappa shape index (κ2) is 4.28. The second-order valence-electron chi connectivity index (χ2n) is 5.34. The number of rotatable bonds is 2. The summed E-state index contributed by atoms with van der Waals surface area (Å²) < 4.78 is 2.02. The van der Waals surface area contributed by atoms with Crippen molar-refractivity contribution < 1.29 is 5.11 Å². The summed E-state index contributed by atoms with van der Waals surface area (Å²) in [5, 5.41) is 9.80. The molecule has 3 rings (SSSR count). The minimum absolute atomic E-state index is 0.301. The van der Waals surface area contributed by atoms with Crippen LogP contribution in [0.4, 0.5) is 0 Å². The summed E-state index contributed by atoms with van der Waals surface area (Å²) in [6, 6.07) is 4.16. The van der Waals surface area contributed by atoms with Crippen molar-refractivity contribution >= 4 is 5.52 Å². The van der Waals surface area contributed by atoms with Crippen molar-refractivity contribution in [3.63, 3.8) is 0 Å². The van der Waals surface area contributed by atoms with E-state index in [1.807, 2.05) is 16.7 Å². The number of fused-ring (bicyclic) bond motifs is 1. The Kier molecular flexibility index (Phi) is 2.74. The molecule has 2 aromatic heterocycles. The molecule has 4 heteroatoms. The van der Waals surface area contributed by atoms with Crippen molar-refractivity contribution in [3.05, 3.63) is 30.4 Å². The van der Waals surface area contributed by atoms with Gasteiger partial charge in [-0.2, -0.15) is 0 Å². The first kappa shape index (κ1) is 11.5. The van der Waals surface area contributed by atoms with E-state index in [1.54, 1.807) is 12.3 Å². The number of aromatic hydroxyl groups is 1. The molecule has 4 nitrogen and oxygen atoms in total. The molecule has 1 aliphatic heterocycles. The fraction of sp³-hybridized carbons (Fsp3) is 0.500. The van der Waals surface area contributed by atoms with Gasteiger partial charge in [-0.15, -0.1) is 0 Å². The van der Waals surface area contributed by atoms with E-state index in [1.165, 1.54) is 0 Å². The van der Waals surface area contributed by atoms with Gasteiger partial charge in [-0.25, -0.2) is 4.98 Å². The highest BCUT2D eigenvalue weighted by Gasteiger charge is 2.28. The quantitative estimate of drug-likeness (QED) is 0.882. The van der Waals surface area contributed by atoms with Crippen molar-refractivity contribution in [2.75, 3.05) is 13.1 Å². The van der Waals surface area contributed by atoms with E-state index in [2.05, 4.69) is 23.7 Å². The molecule has 1 fully saturated rings. The molecule has 0 spiro atoms. The summed E-state index contributed by atoms with van der Waals surface area (Å²) in [5.74, 6) is 1.84. The normalized spacial score (nSPS) is 21.2. The summed E-state index contributed by atoms with van der Waals surface area (Å²) in [5.41, 5.74) is 0.801. The van der Waals surface area contributed by atoms with Gasteiger partial charge in [0.15, 0.2) is 0 Å². The summed E-state index contributed by atoms with van der Waals surface area (Å²) in [6.45, 7) is 6.66. The topological polar surface area (TPSA) is 40.8 Å². The molecular formula is C14H19N3O. The first-order valence-corrected chi connectivity index (χ1v) is 6.56. The van der Waals surface area contributed by atoms with Crippen molar-refractivity contribution in [2.45, 2.75) is 32.2 Å². The Morgan fingerprint density at radius 3 is 3.00 bits per heavy atom. The van der Waals surface area contributed by atoms with Gasteiger partial charge in [0.2, 0.25) is 0 Å². The lowest BCUT2D eigenvalue weighted by Crippen LogP contribution is -2.28. The number of pyridine rings is 1. The third-order valence-electron chi connectivity index (χ3n) is 3.89. The molecule has 0 radical (unpaired) electrons. The largest absolute Gasteiger partial charge is 0.506 e. The van der Waals surface area contributed by atoms with E-state index in [9.17, 15) is 5.11 Å². The van der Waals surface area contributed by atoms with Gasteiger partial charge in [0.1, 0.15) is 17.1 Å². The van der Waals surface area contributed by atoms with E-state index in [4.69, 9.17) is 0 Å². The molecular weight excluding hydrogens is 226 g/mol. The van der Waals surface area contributed by atoms with Gasteiger partial charge in [-0.1, -0.05) is 0 Å². The SMILES string of the molecule is CC(C)N1CCC(c2ncc3c(O)cccn23)C1. The van der Waals surface area contributed by atoms with E-state index < -0.39 is 0 Å². The maximum absolute atomic E-state index is 9.80. The molecule has 18 heavy (non-hydrogen) atoms. The summed E-state index contributed by atoms with van der Waals surface area (Å²) in [6.07, 6.45) is 4.89. The average Bonchev–Trinajstić information content (AvgIpc) is 2.94. The third kappa shape index (κ3) is 1.77. The molecule has 0 amide bonds. The van der Waals surface area contributed by atoms with Crippen LogP contribution in [-0.2, 0) is 0 Å².